The molecule has 0 aromatic heterocycles. The van der Waals surface area contributed by atoms with Crippen molar-refractivity contribution in [1.29, 1.82) is 0 Å². The molecular weight excluding hydrogens is 171 g/mol. The Morgan fingerprint density at radius 3 is 1.75 bits per heavy atom. The Morgan fingerprint density at radius 1 is 1.75 bits per heavy atom. The maximum absolute atomic E-state index is 4.06. The van der Waals surface area contributed by atoms with Crippen molar-refractivity contribution in [2.75, 3.05) is 7.11 Å². The number of hydrogen-bond donors (Lipinski definition) is 0. The van der Waals surface area contributed by atoms with Crippen LogP contribution in [0.5, 0.6) is 0 Å². The van der Waals surface area contributed by atoms with Crippen LogP contribution in [0.3, 0.4) is 0 Å². The van der Waals surface area contributed by atoms with Crippen LogP contribution in [0.4, 0.5) is 0 Å². The molecular formula is CH3BrCuO+2. The van der Waals surface area contributed by atoms with Gasteiger partial charge in [-0.25, -0.2) is 0 Å². The Bertz CT molecular complexity index is 8.00. The minimum atomic E-state index is 0. The molecule has 0 heterocycles. The van der Waals surface area contributed by atoms with E-state index < -0.39 is 0 Å². The van der Waals surface area contributed by atoms with E-state index in [0.717, 1.165) is 0 Å². The molecule has 0 saturated heterocycles. The summed E-state index contributed by atoms with van der Waals surface area (Å²) in [7, 11) is 1.54. The fraction of sp³-hybridized carbons (Fsp3) is 1.00. The predicted octanol–water partition coefficient (Wildman–Crippen LogP) is 0.940. The summed E-state index contributed by atoms with van der Waals surface area (Å²) < 4.78 is 4.06. The molecule has 29 valence electrons. The second-order valence-electron chi connectivity index (χ2n) is 0.154. The van der Waals surface area contributed by atoms with Crippen LogP contribution in [0.1, 0.15) is 0 Å². The van der Waals surface area contributed by atoms with Crippen LogP contribution in [0, 0.1) is 0 Å². The first kappa shape index (κ1) is 8.88. The summed E-state index contributed by atoms with van der Waals surface area (Å²) in [5.74, 6) is 0. The average molecular weight is 174 g/mol. The van der Waals surface area contributed by atoms with Gasteiger partial charge in [0.05, 0.1) is 23.4 Å². The molecule has 0 spiro atoms. The van der Waals surface area contributed by atoms with Gasteiger partial charge in [0.2, 0.25) is 0 Å². The summed E-state index contributed by atoms with van der Waals surface area (Å²) >= 11 is 2.65. The minimum Gasteiger partial charge on any atom is -0.311 e. The van der Waals surface area contributed by atoms with Crippen molar-refractivity contribution >= 4 is 16.3 Å². The van der Waals surface area contributed by atoms with Gasteiger partial charge >= 0.3 is 17.1 Å². The molecule has 0 aliphatic carbocycles. The molecule has 0 rings (SSSR count). The standard InChI is InChI=1S/CH3BrO.Cu/c1-3-2;/h1H3;/q;+2. The first-order valence-electron chi connectivity index (χ1n) is 0.563. The molecule has 1 radical (unpaired) electrons. The van der Waals surface area contributed by atoms with Gasteiger partial charge in [-0.1, -0.05) is 0 Å². The summed E-state index contributed by atoms with van der Waals surface area (Å²) in [5, 5.41) is 0. The van der Waals surface area contributed by atoms with Crippen molar-refractivity contribution in [3.05, 3.63) is 0 Å². The van der Waals surface area contributed by atoms with Crippen molar-refractivity contribution in [1.82, 2.24) is 0 Å². The third kappa shape index (κ3) is 12.3. The zero-order chi connectivity index (χ0) is 2.71. The minimum absolute atomic E-state index is 0. The Balaban J connectivity index is 0. The van der Waals surface area contributed by atoms with Crippen LogP contribution in [0.2, 0.25) is 0 Å². The van der Waals surface area contributed by atoms with E-state index >= 15 is 0 Å². The monoisotopic (exact) mass is 173 g/mol. The van der Waals surface area contributed by atoms with E-state index in [0.29, 0.717) is 0 Å². The normalized spacial score (nSPS) is 4.50. The SMILES string of the molecule is COBr.[Cu+2]. The van der Waals surface area contributed by atoms with Gasteiger partial charge in [0, 0.05) is 0 Å². The molecule has 0 aromatic carbocycles. The van der Waals surface area contributed by atoms with Crippen molar-refractivity contribution in [2.24, 2.45) is 0 Å². The zero-order valence-electron chi connectivity index (χ0n) is 2.09. The quantitative estimate of drug-likeness (QED) is 0.497. The fourth-order valence-corrected chi connectivity index (χ4v) is 0. The molecule has 1 nitrogen and oxygen atoms in total. The van der Waals surface area contributed by atoms with Crippen molar-refractivity contribution in [2.45, 2.75) is 0 Å². The smallest absolute Gasteiger partial charge is 0.311 e. The summed E-state index contributed by atoms with van der Waals surface area (Å²) in [6.45, 7) is 0. The molecule has 0 unspecified atom stereocenters. The first-order chi connectivity index (χ1) is 1.41. The molecule has 0 N–H and O–H groups in total. The molecule has 0 atom stereocenters. The maximum Gasteiger partial charge on any atom is 2.00 e. The molecule has 0 bridgehead atoms. The third-order valence-corrected chi connectivity index (χ3v) is 0. The van der Waals surface area contributed by atoms with Crippen molar-refractivity contribution in [3.63, 3.8) is 0 Å². The van der Waals surface area contributed by atoms with Gasteiger partial charge in [-0.15, -0.1) is 0 Å². The van der Waals surface area contributed by atoms with Gasteiger partial charge in [0.1, 0.15) is 0 Å². The first-order valence-corrected chi connectivity index (χ1v) is 1.21. The largest absolute Gasteiger partial charge is 2.00 e. The Hall–Kier alpha value is 0.959. The number of hydrogen-bond acceptors (Lipinski definition) is 1. The van der Waals surface area contributed by atoms with E-state index in [2.05, 4.69) is 20.1 Å². The van der Waals surface area contributed by atoms with Gasteiger partial charge in [-0.05, 0) is 0 Å². The molecule has 3 heteroatoms. The zero-order valence-corrected chi connectivity index (χ0v) is 4.62. The van der Waals surface area contributed by atoms with Crippen molar-refractivity contribution in [3.8, 4) is 0 Å². The summed E-state index contributed by atoms with van der Waals surface area (Å²) in [6, 6.07) is 0. The van der Waals surface area contributed by atoms with Crippen LogP contribution in [0.15, 0.2) is 0 Å². The van der Waals surface area contributed by atoms with Gasteiger partial charge in [0.25, 0.3) is 0 Å². The van der Waals surface area contributed by atoms with Crippen LogP contribution in [-0.2, 0) is 20.9 Å². The molecule has 0 aliphatic heterocycles. The number of halogens is 1. The summed E-state index contributed by atoms with van der Waals surface area (Å²) in [5.41, 5.74) is 0. The van der Waals surface area contributed by atoms with E-state index in [1.807, 2.05) is 0 Å². The molecule has 0 fully saturated rings. The third-order valence-electron chi connectivity index (χ3n) is 0. The fourth-order valence-electron chi connectivity index (χ4n) is 0. The molecule has 0 saturated carbocycles. The maximum atomic E-state index is 4.06. The molecule has 0 aliphatic rings. The van der Waals surface area contributed by atoms with E-state index in [1.54, 1.807) is 7.11 Å². The second-order valence-corrected chi connectivity index (χ2v) is 0.802. The van der Waals surface area contributed by atoms with Crippen LogP contribution < -0.4 is 0 Å². The van der Waals surface area contributed by atoms with E-state index in [1.165, 1.54) is 0 Å². The Morgan fingerprint density at radius 2 is 1.75 bits per heavy atom. The second kappa shape index (κ2) is 9.03. The molecule has 0 aromatic rings. The average Bonchev–Trinajstić information content (AvgIpc) is 0.918. The van der Waals surface area contributed by atoms with Crippen LogP contribution in [0.25, 0.3) is 0 Å². The topological polar surface area (TPSA) is 9.23 Å². The van der Waals surface area contributed by atoms with E-state index in [9.17, 15) is 0 Å². The van der Waals surface area contributed by atoms with Crippen LogP contribution in [-0.4, -0.2) is 7.11 Å². The van der Waals surface area contributed by atoms with E-state index in [-0.39, 0.29) is 17.1 Å². The molecule has 0 amide bonds. The number of rotatable bonds is 0. The van der Waals surface area contributed by atoms with Crippen molar-refractivity contribution < 1.29 is 20.9 Å². The van der Waals surface area contributed by atoms with Gasteiger partial charge in [-0.2, -0.15) is 0 Å². The molecule has 4 heavy (non-hydrogen) atoms. The Labute approximate surface area is 44.6 Å². The van der Waals surface area contributed by atoms with E-state index in [4.69, 9.17) is 0 Å². The predicted molar refractivity (Wildman–Crippen MR) is 15.9 cm³/mol. The summed E-state index contributed by atoms with van der Waals surface area (Å²) in [4.78, 5) is 0. The Kier molecular flexibility index (Phi) is 20.0. The van der Waals surface area contributed by atoms with Gasteiger partial charge < -0.3 is 3.83 Å². The van der Waals surface area contributed by atoms with Gasteiger partial charge in [-0.3, -0.25) is 0 Å². The summed E-state index contributed by atoms with van der Waals surface area (Å²) in [6.07, 6.45) is 0. The van der Waals surface area contributed by atoms with Crippen LogP contribution >= 0.6 is 16.3 Å². The van der Waals surface area contributed by atoms with Gasteiger partial charge in [0.15, 0.2) is 0 Å².